The molecule has 0 spiro atoms. The Labute approximate surface area is 91.8 Å². The topological polar surface area (TPSA) is 41.5 Å². The second-order valence-corrected chi connectivity index (χ2v) is 5.22. The van der Waals surface area contributed by atoms with Crippen LogP contribution in [0.25, 0.3) is 0 Å². The van der Waals surface area contributed by atoms with E-state index in [1.165, 1.54) is 0 Å². The fraction of sp³-hybridized carbons (Fsp3) is 0.667. The van der Waals surface area contributed by atoms with Crippen molar-refractivity contribution in [2.75, 3.05) is 6.54 Å². The third-order valence-corrected chi connectivity index (χ3v) is 2.52. The van der Waals surface area contributed by atoms with Gasteiger partial charge in [-0.1, -0.05) is 6.58 Å². The number of aliphatic hydroxyl groups is 1. The predicted molar refractivity (Wildman–Crippen MR) is 61.4 cm³/mol. The highest BCUT2D eigenvalue weighted by atomic mass is 16.5. The van der Waals surface area contributed by atoms with E-state index < -0.39 is 0 Å². The summed E-state index contributed by atoms with van der Waals surface area (Å²) >= 11 is 0. The zero-order valence-corrected chi connectivity index (χ0v) is 9.89. The third kappa shape index (κ3) is 3.50. The maximum atomic E-state index is 9.38. The van der Waals surface area contributed by atoms with Gasteiger partial charge in [-0.3, -0.25) is 0 Å². The van der Waals surface area contributed by atoms with Crippen LogP contribution in [0.15, 0.2) is 24.8 Å². The summed E-state index contributed by atoms with van der Waals surface area (Å²) in [7, 11) is 0. The molecule has 86 valence electrons. The molecule has 0 aliphatic heterocycles. The molecular formula is C12H21NO2. The molecule has 2 N–H and O–H groups in total. The molecule has 3 heteroatoms. The zero-order chi connectivity index (χ0) is 11.7. The van der Waals surface area contributed by atoms with E-state index in [1.807, 2.05) is 20.8 Å². The minimum Gasteiger partial charge on any atom is -0.512 e. The van der Waals surface area contributed by atoms with Crippen LogP contribution in [0.3, 0.4) is 0 Å². The van der Waals surface area contributed by atoms with Crippen LogP contribution in [0.2, 0.25) is 0 Å². The van der Waals surface area contributed by atoms with Crippen molar-refractivity contribution in [2.45, 2.75) is 39.2 Å². The molecule has 0 aromatic heterocycles. The molecule has 0 amide bonds. The summed E-state index contributed by atoms with van der Waals surface area (Å²) in [4.78, 5) is 0. The Morgan fingerprint density at radius 2 is 1.93 bits per heavy atom. The average Bonchev–Trinajstić information content (AvgIpc) is 2.77. The fourth-order valence-electron chi connectivity index (χ4n) is 1.39. The molecule has 0 bridgehead atoms. The lowest BCUT2D eigenvalue weighted by atomic mass is 10.1. The Morgan fingerprint density at radius 3 is 2.27 bits per heavy atom. The van der Waals surface area contributed by atoms with Gasteiger partial charge in [-0.2, -0.15) is 0 Å². The Hall–Kier alpha value is -1.12. The van der Waals surface area contributed by atoms with Crippen molar-refractivity contribution in [1.82, 2.24) is 5.32 Å². The molecule has 0 heterocycles. The van der Waals surface area contributed by atoms with Gasteiger partial charge in [-0.05, 0) is 40.2 Å². The summed E-state index contributed by atoms with van der Waals surface area (Å²) in [5.41, 5.74) is -0.374. The van der Waals surface area contributed by atoms with Crippen LogP contribution in [0.1, 0.15) is 33.6 Å². The fourth-order valence-corrected chi connectivity index (χ4v) is 1.39. The van der Waals surface area contributed by atoms with Crippen LogP contribution >= 0.6 is 0 Å². The van der Waals surface area contributed by atoms with Gasteiger partial charge in [0.2, 0.25) is 0 Å². The third-order valence-electron chi connectivity index (χ3n) is 2.52. The molecule has 0 atom stereocenters. The maximum Gasteiger partial charge on any atom is 0.179 e. The zero-order valence-electron chi connectivity index (χ0n) is 9.89. The number of nitrogens with one attached hydrogen (secondary N) is 1. The Morgan fingerprint density at radius 1 is 1.40 bits per heavy atom. The van der Waals surface area contributed by atoms with Crippen LogP contribution in [0.5, 0.6) is 0 Å². The summed E-state index contributed by atoms with van der Waals surface area (Å²) in [6.07, 6.45) is 1.97. The van der Waals surface area contributed by atoms with Gasteiger partial charge in [0.15, 0.2) is 5.88 Å². The SMILES string of the molecule is C=C(NCC1(C(=C)O)CC1)OC(C)(C)C. The highest BCUT2D eigenvalue weighted by Gasteiger charge is 2.45. The van der Waals surface area contributed by atoms with E-state index in [1.54, 1.807) is 0 Å². The van der Waals surface area contributed by atoms with E-state index in [-0.39, 0.29) is 16.8 Å². The molecule has 0 radical (unpaired) electrons. The van der Waals surface area contributed by atoms with Crippen molar-refractivity contribution in [2.24, 2.45) is 5.41 Å². The van der Waals surface area contributed by atoms with Crippen molar-refractivity contribution < 1.29 is 9.84 Å². The number of aliphatic hydroxyl groups excluding tert-OH is 1. The van der Waals surface area contributed by atoms with Crippen LogP contribution in [-0.4, -0.2) is 17.3 Å². The molecule has 1 aliphatic rings. The first-order valence-corrected chi connectivity index (χ1v) is 5.25. The average molecular weight is 211 g/mol. The van der Waals surface area contributed by atoms with Gasteiger partial charge in [0.1, 0.15) is 5.60 Å². The first-order chi connectivity index (χ1) is 6.75. The summed E-state index contributed by atoms with van der Waals surface area (Å²) in [5, 5.41) is 12.5. The van der Waals surface area contributed by atoms with E-state index in [0.29, 0.717) is 12.4 Å². The Balaban J connectivity index is 2.32. The van der Waals surface area contributed by atoms with E-state index >= 15 is 0 Å². The lowest BCUT2D eigenvalue weighted by molar-refractivity contribution is 0.0401. The van der Waals surface area contributed by atoms with Crippen LogP contribution in [-0.2, 0) is 4.74 Å². The Bertz CT molecular complexity index is 272. The van der Waals surface area contributed by atoms with Crippen molar-refractivity contribution in [3.63, 3.8) is 0 Å². The number of hydrogen-bond acceptors (Lipinski definition) is 3. The minimum atomic E-state index is -0.239. The van der Waals surface area contributed by atoms with E-state index in [0.717, 1.165) is 12.8 Å². The molecule has 1 saturated carbocycles. The smallest absolute Gasteiger partial charge is 0.179 e. The number of rotatable bonds is 5. The number of hydrogen-bond donors (Lipinski definition) is 2. The highest BCUT2D eigenvalue weighted by Crippen LogP contribution is 2.49. The van der Waals surface area contributed by atoms with Gasteiger partial charge in [-0.25, -0.2) is 0 Å². The van der Waals surface area contributed by atoms with Crippen molar-refractivity contribution in [3.05, 3.63) is 24.8 Å². The second kappa shape index (κ2) is 3.80. The molecule has 0 aromatic carbocycles. The van der Waals surface area contributed by atoms with Crippen molar-refractivity contribution >= 4 is 0 Å². The monoisotopic (exact) mass is 211 g/mol. The number of ether oxygens (including phenoxy) is 1. The van der Waals surface area contributed by atoms with Crippen molar-refractivity contribution in [1.29, 1.82) is 0 Å². The van der Waals surface area contributed by atoms with Crippen LogP contribution in [0, 0.1) is 5.41 Å². The molecule has 1 aliphatic carbocycles. The summed E-state index contributed by atoms with van der Waals surface area (Å²) in [6, 6.07) is 0. The summed E-state index contributed by atoms with van der Waals surface area (Å²) in [5.74, 6) is 0.814. The van der Waals surface area contributed by atoms with Gasteiger partial charge in [-0.15, -0.1) is 0 Å². The molecule has 0 saturated heterocycles. The molecule has 0 unspecified atom stereocenters. The van der Waals surface area contributed by atoms with E-state index in [2.05, 4.69) is 18.5 Å². The van der Waals surface area contributed by atoms with Crippen LogP contribution < -0.4 is 5.32 Å². The predicted octanol–water partition coefficient (Wildman–Crippen LogP) is 2.71. The highest BCUT2D eigenvalue weighted by molar-refractivity contribution is 5.13. The van der Waals surface area contributed by atoms with E-state index in [9.17, 15) is 5.11 Å². The quantitative estimate of drug-likeness (QED) is 0.687. The first-order valence-electron chi connectivity index (χ1n) is 5.25. The molecule has 1 rings (SSSR count). The van der Waals surface area contributed by atoms with Gasteiger partial charge in [0.25, 0.3) is 0 Å². The molecule has 0 aromatic rings. The Kier molecular flexibility index (Phi) is 3.03. The first kappa shape index (κ1) is 12.0. The maximum absolute atomic E-state index is 9.38. The molecule has 1 fully saturated rings. The van der Waals surface area contributed by atoms with E-state index in [4.69, 9.17) is 4.74 Å². The van der Waals surface area contributed by atoms with Gasteiger partial charge >= 0.3 is 0 Å². The van der Waals surface area contributed by atoms with Gasteiger partial charge < -0.3 is 15.2 Å². The molecule has 3 nitrogen and oxygen atoms in total. The second-order valence-electron chi connectivity index (χ2n) is 5.22. The lowest BCUT2D eigenvalue weighted by Gasteiger charge is -2.24. The van der Waals surface area contributed by atoms with Crippen molar-refractivity contribution in [3.8, 4) is 0 Å². The molecular weight excluding hydrogens is 190 g/mol. The largest absolute Gasteiger partial charge is 0.512 e. The molecule has 15 heavy (non-hydrogen) atoms. The normalized spacial score (nSPS) is 18.1. The van der Waals surface area contributed by atoms with Crippen LogP contribution in [0.4, 0.5) is 0 Å². The summed E-state index contributed by atoms with van der Waals surface area (Å²) in [6.45, 7) is 13.9. The van der Waals surface area contributed by atoms with Gasteiger partial charge in [0, 0.05) is 12.0 Å². The van der Waals surface area contributed by atoms with Gasteiger partial charge in [0.05, 0.1) is 5.76 Å². The standard InChI is InChI=1S/C12H21NO2/c1-9(14)12(6-7-12)8-13-10(2)15-11(3,4)5/h13-14H,1-2,6-8H2,3-5H3. The lowest BCUT2D eigenvalue weighted by Crippen LogP contribution is -2.29. The summed E-state index contributed by atoms with van der Waals surface area (Å²) < 4.78 is 5.52. The minimum absolute atomic E-state index is 0.135.